The van der Waals surface area contributed by atoms with Crippen molar-refractivity contribution in [3.8, 4) is 17.1 Å². The highest BCUT2D eigenvalue weighted by molar-refractivity contribution is 7.90. The van der Waals surface area contributed by atoms with Crippen LogP contribution in [0.1, 0.15) is 25.6 Å². The van der Waals surface area contributed by atoms with Gasteiger partial charge in [0.15, 0.2) is 15.7 Å². The highest BCUT2D eigenvalue weighted by Gasteiger charge is 2.56. The molecule has 1 saturated heterocycles. The highest BCUT2D eigenvalue weighted by Crippen LogP contribution is 2.52. The monoisotopic (exact) mass is 455 g/mol. The third-order valence-electron chi connectivity index (χ3n) is 6.20. The molecule has 0 bridgehead atoms. The molecule has 2 fully saturated rings. The van der Waals surface area contributed by atoms with Crippen molar-refractivity contribution in [1.29, 1.82) is 0 Å². The minimum atomic E-state index is -3.26. The SMILES string of the molecule is CC(C)c1noc(N2CC3[C@@H](COc4ccc(-c5ccc(S(C)(=O)=O)cn5)nc4)[C@@H]3C2)n1. The molecule has 0 N–H and O–H groups in total. The summed E-state index contributed by atoms with van der Waals surface area (Å²) in [5, 5.41) is 4.05. The third kappa shape index (κ3) is 4.06. The van der Waals surface area contributed by atoms with Crippen LogP contribution >= 0.6 is 0 Å². The number of fused-ring (bicyclic) bond motifs is 1. The minimum Gasteiger partial charge on any atom is -0.492 e. The van der Waals surface area contributed by atoms with Crippen LogP contribution in [-0.2, 0) is 9.84 Å². The molecule has 10 heteroatoms. The maximum absolute atomic E-state index is 11.6. The summed E-state index contributed by atoms with van der Waals surface area (Å²) < 4.78 is 34.5. The Morgan fingerprint density at radius 2 is 1.78 bits per heavy atom. The molecule has 1 saturated carbocycles. The molecule has 5 rings (SSSR count). The van der Waals surface area contributed by atoms with Gasteiger partial charge in [0.25, 0.3) is 0 Å². The first-order valence-electron chi connectivity index (χ1n) is 10.6. The van der Waals surface area contributed by atoms with E-state index in [0.29, 0.717) is 47.5 Å². The molecular formula is C22H25N5O4S. The van der Waals surface area contributed by atoms with Gasteiger partial charge in [-0.25, -0.2) is 8.42 Å². The van der Waals surface area contributed by atoms with Crippen molar-refractivity contribution in [2.24, 2.45) is 17.8 Å². The molecule has 3 atom stereocenters. The lowest BCUT2D eigenvalue weighted by molar-refractivity contribution is 0.281. The van der Waals surface area contributed by atoms with Crippen molar-refractivity contribution in [3.05, 3.63) is 42.5 Å². The number of anilines is 1. The Balaban J connectivity index is 1.13. The van der Waals surface area contributed by atoms with Gasteiger partial charge in [0, 0.05) is 37.4 Å². The minimum absolute atomic E-state index is 0.189. The number of rotatable bonds is 7. The number of ether oxygens (including phenoxy) is 1. The van der Waals surface area contributed by atoms with Gasteiger partial charge >= 0.3 is 6.01 Å². The summed E-state index contributed by atoms with van der Waals surface area (Å²) in [6, 6.07) is 7.51. The first kappa shape index (κ1) is 20.9. The second kappa shape index (κ2) is 7.84. The fourth-order valence-electron chi connectivity index (χ4n) is 4.20. The van der Waals surface area contributed by atoms with Gasteiger partial charge in [0.05, 0.1) is 29.1 Å². The molecule has 4 heterocycles. The predicted octanol–water partition coefficient (Wildman–Crippen LogP) is 2.81. The molecular weight excluding hydrogens is 430 g/mol. The van der Waals surface area contributed by atoms with Crippen LogP contribution in [0.25, 0.3) is 11.4 Å². The lowest BCUT2D eigenvalue weighted by atomic mass is 10.2. The van der Waals surface area contributed by atoms with Crippen molar-refractivity contribution in [3.63, 3.8) is 0 Å². The van der Waals surface area contributed by atoms with E-state index >= 15 is 0 Å². The number of pyridine rings is 2. The normalized spacial score (nSPS) is 22.2. The Kier molecular flexibility index (Phi) is 5.11. The van der Waals surface area contributed by atoms with E-state index in [9.17, 15) is 8.42 Å². The fourth-order valence-corrected chi connectivity index (χ4v) is 4.76. The van der Waals surface area contributed by atoms with Crippen LogP contribution in [-0.4, -0.2) is 54.5 Å². The van der Waals surface area contributed by atoms with Gasteiger partial charge in [0.1, 0.15) is 5.75 Å². The number of nitrogens with zero attached hydrogens (tertiary/aromatic N) is 5. The van der Waals surface area contributed by atoms with E-state index < -0.39 is 9.84 Å². The smallest absolute Gasteiger partial charge is 0.324 e. The van der Waals surface area contributed by atoms with Gasteiger partial charge in [-0.2, -0.15) is 4.98 Å². The van der Waals surface area contributed by atoms with Crippen molar-refractivity contribution in [2.45, 2.75) is 24.7 Å². The molecule has 1 aliphatic carbocycles. The molecule has 1 aliphatic heterocycles. The van der Waals surface area contributed by atoms with Gasteiger partial charge < -0.3 is 14.2 Å². The zero-order valence-electron chi connectivity index (χ0n) is 18.2. The molecule has 0 amide bonds. The summed E-state index contributed by atoms with van der Waals surface area (Å²) in [5.74, 6) is 3.43. The van der Waals surface area contributed by atoms with Crippen molar-refractivity contribution in [1.82, 2.24) is 20.1 Å². The van der Waals surface area contributed by atoms with Crippen molar-refractivity contribution < 1.29 is 17.7 Å². The summed E-state index contributed by atoms with van der Waals surface area (Å²) in [6.07, 6.45) is 4.19. The number of hydrogen-bond acceptors (Lipinski definition) is 9. The Bertz CT molecular complexity index is 1200. The van der Waals surface area contributed by atoms with Crippen LogP contribution in [0.2, 0.25) is 0 Å². The maximum Gasteiger partial charge on any atom is 0.324 e. The van der Waals surface area contributed by atoms with Gasteiger partial charge in [-0.3, -0.25) is 9.97 Å². The number of aromatic nitrogens is 4. The average Bonchev–Trinajstić information content (AvgIpc) is 3.16. The van der Waals surface area contributed by atoms with Crippen LogP contribution in [0.3, 0.4) is 0 Å². The lowest BCUT2D eigenvalue weighted by Gasteiger charge is -2.16. The quantitative estimate of drug-likeness (QED) is 0.531. The van der Waals surface area contributed by atoms with E-state index in [2.05, 4.69) is 38.9 Å². The van der Waals surface area contributed by atoms with Crippen molar-refractivity contribution in [2.75, 3.05) is 30.9 Å². The van der Waals surface area contributed by atoms with Crippen molar-refractivity contribution >= 4 is 15.9 Å². The molecule has 0 radical (unpaired) electrons. The molecule has 3 aromatic rings. The van der Waals surface area contributed by atoms with E-state index in [4.69, 9.17) is 9.26 Å². The van der Waals surface area contributed by atoms with Crippen LogP contribution in [0.15, 0.2) is 46.1 Å². The van der Waals surface area contributed by atoms with E-state index in [1.807, 2.05) is 12.1 Å². The maximum atomic E-state index is 11.6. The van der Waals surface area contributed by atoms with Gasteiger partial charge in [-0.05, 0) is 36.1 Å². The van der Waals surface area contributed by atoms with Crippen LogP contribution in [0.5, 0.6) is 5.75 Å². The molecule has 168 valence electrons. The molecule has 0 aromatic carbocycles. The second-order valence-corrected chi connectivity index (χ2v) is 10.8. The standard InChI is InChI=1S/C22H25N5O4S/c1-13(2)21-25-22(31-26-21)27-10-16-17(11-27)18(16)12-30-14-4-6-19(23-8-14)20-7-5-15(9-24-20)32(3,28)29/h4-9,13,16-18H,10-12H2,1-3H3/t16-,17?,18+/m1/s1. The summed E-state index contributed by atoms with van der Waals surface area (Å²) in [4.78, 5) is 15.5. The predicted molar refractivity (Wildman–Crippen MR) is 117 cm³/mol. The summed E-state index contributed by atoms with van der Waals surface area (Å²) in [5.41, 5.74) is 1.28. The van der Waals surface area contributed by atoms with E-state index in [-0.39, 0.29) is 10.8 Å². The van der Waals surface area contributed by atoms with Crippen LogP contribution in [0.4, 0.5) is 6.01 Å². The molecule has 3 aromatic heterocycles. The Labute approximate surface area is 186 Å². The summed E-state index contributed by atoms with van der Waals surface area (Å²) in [7, 11) is -3.26. The topological polar surface area (TPSA) is 111 Å². The van der Waals surface area contributed by atoms with E-state index in [0.717, 1.165) is 25.2 Å². The van der Waals surface area contributed by atoms with Gasteiger partial charge in [-0.1, -0.05) is 19.0 Å². The lowest BCUT2D eigenvalue weighted by Crippen LogP contribution is -2.25. The number of sulfone groups is 1. The summed E-state index contributed by atoms with van der Waals surface area (Å²) >= 11 is 0. The van der Waals surface area contributed by atoms with Gasteiger partial charge in [0.2, 0.25) is 0 Å². The zero-order valence-corrected chi connectivity index (χ0v) is 19.0. The molecule has 2 aliphatic rings. The Hall–Kier alpha value is -3.01. The average molecular weight is 456 g/mol. The summed E-state index contributed by atoms with van der Waals surface area (Å²) in [6.45, 7) is 6.61. The second-order valence-electron chi connectivity index (χ2n) is 8.83. The van der Waals surface area contributed by atoms with E-state index in [1.54, 1.807) is 12.3 Å². The number of piperidine rings is 1. The largest absolute Gasteiger partial charge is 0.492 e. The highest BCUT2D eigenvalue weighted by atomic mass is 32.2. The molecule has 32 heavy (non-hydrogen) atoms. The fraction of sp³-hybridized carbons (Fsp3) is 0.455. The van der Waals surface area contributed by atoms with Crippen LogP contribution < -0.4 is 9.64 Å². The molecule has 0 spiro atoms. The Morgan fingerprint density at radius 3 is 2.31 bits per heavy atom. The van der Waals surface area contributed by atoms with Crippen LogP contribution in [0, 0.1) is 17.8 Å². The molecule has 1 unspecified atom stereocenters. The molecule has 9 nitrogen and oxygen atoms in total. The third-order valence-corrected chi connectivity index (χ3v) is 7.29. The first-order valence-corrected chi connectivity index (χ1v) is 12.5. The van der Waals surface area contributed by atoms with Gasteiger partial charge in [-0.15, -0.1) is 0 Å². The number of hydrogen-bond donors (Lipinski definition) is 0. The zero-order chi connectivity index (χ0) is 22.5. The van der Waals surface area contributed by atoms with E-state index in [1.165, 1.54) is 12.3 Å². The first-order chi connectivity index (χ1) is 15.3. The Morgan fingerprint density at radius 1 is 1.09 bits per heavy atom.